The number of terminal acetylenes is 1. The van der Waals surface area contributed by atoms with E-state index in [1.54, 1.807) is 13.8 Å². The molecular formula is C15H17ClN2O5. The van der Waals surface area contributed by atoms with Crippen LogP contribution in [-0.2, 0) is 20.0 Å². The van der Waals surface area contributed by atoms with E-state index in [2.05, 4.69) is 10.9 Å². The second-order valence-electron chi connectivity index (χ2n) is 5.60. The Balaban J connectivity index is 2.20. The third kappa shape index (κ3) is 3.49. The molecular weight excluding hydrogens is 324 g/mol. The van der Waals surface area contributed by atoms with Crippen LogP contribution >= 0.6 is 11.6 Å². The van der Waals surface area contributed by atoms with Crippen molar-refractivity contribution in [2.75, 3.05) is 6.61 Å². The maximum absolute atomic E-state index is 12.0. The van der Waals surface area contributed by atoms with Crippen molar-refractivity contribution in [1.82, 2.24) is 9.55 Å². The van der Waals surface area contributed by atoms with Crippen molar-refractivity contribution >= 4 is 17.6 Å². The Hall–Kier alpha value is -2.04. The zero-order valence-corrected chi connectivity index (χ0v) is 13.6. The van der Waals surface area contributed by atoms with E-state index in [0.717, 1.165) is 10.8 Å². The van der Waals surface area contributed by atoms with E-state index in [1.165, 1.54) is 0 Å². The number of ether oxygens (including phenoxy) is 2. The molecule has 1 aromatic heterocycles. The topological polar surface area (TPSA) is 90.4 Å². The van der Waals surface area contributed by atoms with Crippen LogP contribution in [-0.4, -0.2) is 28.2 Å². The van der Waals surface area contributed by atoms with Gasteiger partial charge in [-0.3, -0.25) is 19.1 Å². The summed E-state index contributed by atoms with van der Waals surface area (Å²) >= 11 is 5.76. The summed E-state index contributed by atoms with van der Waals surface area (Å²) in [6.07, 6.45) is 7.09. The summed E-state index contributed by atoms with van der Waals surface area (Å²) < 4.78 is 12.0. The number of nitrogens with zero attached hydrogens (tertiary/aromatic N) is 1. The third-order valence-electron chi connectivity index (χ3n) is 3.56. The molecule has 1 N–H and O–H groups in total. The fourth-order valence-corrected chi connectivity index (χ4v) is 2.42. The Morgan fingerprint density at radius 1 is 1.65 bits per heavy atom. The lowest BCUT2D eigenvalue weighted by atomic mass is 10.1. The number of aromatic nitrogens is 2. The average Bonchev–Trinajstić information content (AvgIpc) is 2.93. The molecule has 2 unspecified atom stereocenters. The first-order valence-electron chi connectivity index (χ1n) is 7.13. The summed E-state index contributed by atoms with van der Waals surface area (Å²) in [5.41, 5.74) is -2.77. The SMILES string of the molecule is C#CC1(n2cc(Cl)c(=O)[nH]c2=O)CCC(COC(=O)C(C)C)O1. The van der Waals surface area contributed by atoms with Gasteiger partial charge in [0.1, 0.15) is 11.6 Å². The van der Waals surface area contributed by atoms with E-state index in [4.69, 9.17) is 27.5 Å². The molecule has 1 aliphatic rings. The first-order valence-corrected chi connectivity index (χ1v) is 7.51. The molecule has 1 aliphatic heterocycles. The van der Waals surface area contributed by atoms with Gasteiger partial charge in [0.2, 0.25) is 5.72 Å². The summed E-state index contributed by atoms with van der Waals surface area (Å²) in [6, 6.07) is 0. The Bertz CT molecular complexity index is 760. The van der Waals surface area contributed by atoms with Gasteiger partial charge in [0, 0.05) is 12.6 Å². The van der Waals surface area contributed by atoms with Gasteiger partial charge in [0.25, 0.3) is 5.56 Å². The van der Waals surface area contributed by atoms with Crippen molar-refractivity contribution in [1.29, 1.82) is 0 Å². The lowest BCUT2D eigenvalue weighted by Gasteiger charge is -2.26. The normalized spacial score (nSPS) is 23.7. The summed E-state index contributed by atoms with van der Waals surface area (Å²) in [5.74, 6) is 1.86. The first-order chi connectivity index (χ1) is 10.8. The highest BCUT2D eigenvalue weighted by atomic mass is 35.5. The molecule has 0 amide bonds. The Labute approximate surface area is 137 Å². The van der Waals surface area contributed by atoms with Crippen LogP contribution in [0, 0.1) is 18.3 Å². The van der Waals surface area contributed by atoms with Crippen molar-refractivity contribution in [3.63, 3.8) is 0 Å². The van der Waals surface area contributed by atoms with E-state index >= 15 is 0 Å². The van der Waals surface area contributed by atoms with Gasteiger partial charge in [-0.05, 0) is 12.3 Å². The van der Waals surface area contributed by atoms with Gasteiger partial charge >= 0.3 is 11.7 Å². The highest BCUT2D eigenvalue weighted by molar-refractivity contribution is 6.30. The minimum Gasteiger partial charge on any atom is -0.463 e. The summed E-state index contributed by atoms with van der Waals surface area (Å²) in [5, 5.41) is -0.169. The molecule has 0 aliphatic carbocycles. The molecule has 8 heteroatoms. The zero-order chi connectivity index (χ0) is 17.2. The van der Waals surface area contributed by atoms with E-state index < -0.39 is 23.1 Å². The van der Waals surface area contributed by atoms with Crippen LogP contribution in [0.1, 0.15) is 26.7 Å². The Morgan fingerprint density at radius 3 is 2.96 bits per heavy atom. The van der Waals surface area contributed by atoms with E-state index in [1.807, 2.05) is 0 Å². The molecule has 1 aromatic rings. The molecule has 1 fully saturated rings. The van der Waals surface area contributed by atoms with E-state index in [-0.39, 0.29) is 23.5 Å². The van der Waals surface area contributed by atoms with Crippen molar-refractivity contribution in [2.24, 2.45) is 5.92 Å². The summed E-state index contributed by atoms with van der Waals surface area (Å²) in [6.45, 7) is 3.50. The predicted octanol–water partition coefficient (Wildman–Crippen LogP) is 0.854. The van der Waals surface area contributed by atoms with Gasteiger partial charge in [0.15, 0.2) is 0 Å². The lowest BCUT2D eigenvalue weighted by molar-refractivity contribution is -0.154. The molecule has 0 spiro atoms. The van der Waals surface area contributed by atoms with Crippen LogP contribution < -0.4 is 11.2 Å². The number of carbonyl (C=O) groups excluding carboxylic acids is 1. The fraction of sp³-hybridized carbons (Fsp3) is 0.533. The molecule has 0 radical (unpaired) electrons. The molecule has 7 nitrogen and oxygen atoms in total. The minimum absolute atomic E-state index is 0.0479. The maximum Gasteiger partial charge on any atom is 0.331 e. The number of halogens is 1. The highest BCUT2D eigenvalue weighted by Gasteiger charge is 2.42. The number of H-pyrrole nitrogens is 1. The molecule has 0 bridgehead atoms. The number of esters is 1. The van der Waals surface area contributed by atoms with E-state index in [0.29, 0.717) is 12.8 Å². The van der Waals surface area contributed by atoms with Crippen molar-refractivity contribution in [3.8, 4) is 12.3 Å². The fourth-order valence-electron chi connectivity index (χ4n) is 2.28. The molecule has 0 aromatic carbocycles. The molecule has 23 heavy (non-hydrogen) atoms. The molecule has 0 saturated carbocycles. The van der Waals surface area contributed by atoms with Gasteiger partial charge in [-0.1, -0.05) is 25.4 Å². The third-order valence-corrected chi connectivity index (χ3v) is 3.83. The van der Waals surface area contributed by atoms with E-state index in [9.17, 15) is 14.4 Å². The smallest absolute Gasteiger partial charge is 0.331 e. The Kier molecular flexibility index (Phi) is 4.97. The number of hydrogen-bond donors (Lipinski definition) is 1. The monoisotopic (exact) mass is 340 g/mol. The average molecular weight is 341 g/mol. The van der Waals surface area contributed by atoms with Crippen molar-refractivity contribution in [2.45, 2.75) is 38.5 Å². The van der Waals surface area contributed by atoms with Gasteiger partial charge < -0.3 is 9.47 Å². The van der Waals surface area contributed by atoms with Gasteiger partial charge in [0.05, 0.1) is 12.0 Å². The summed E-state index contributed by atoms with van der Waals surface area (Å²) in [4.78, 5) is 36.9. The maximum atomic E-state index is 12.0. The summed E-state index contributed by atoms with van der Waals surface area (Å²) in [7, 11) is 0. The largest absolute Gasteiger partial charge is 0.463 e. The van der Waals surface area contributed by atoms with Crippen LogP contribution in [0.25, 0.3) is 0 Å². The quantitative estimate of drug-likeness (QED) is 0.648. The second-order valence-corrected chi connectivity index (χ2v) is 6.01. The number of carbonyl (C=O) groups is 1. The minimum atomic E-state index is -1.36. The van der Waals surface area contributed by atoms with Crippen LogP contribution in [0.3, 0.4) is 0 Å². The van der Waals surface area contributed by atoms with Gasteiger partial charge in [-0.15, -0.1) is 6.42 Å². The molecule has 2 atom stereocenters. The van der Waals surface area contributed by atoms with Crippen LogP contribution in [0.5, 0.6) is 0 Å². The van der Waals surface area contributed by atoms with Crippen molar-refractivity contribution < 1.29 is 14.3 Å². The Morgan fingerprint density at radius 2 is 2.35 bits per heavy atom. The highest BCUT2D eigenvalue weighted by Crippen LogP contribution is 2.33. The number of rotatable bonds is 4. The van der Waals surface area contributed by atoms with Crippen LogP contribution in [0.4, 0.5) is 0 Å². The van der Waals surface area contributed by atoms with Gasteiger partial charge in [-0.25, -0.2) is 4.79 Å². The van der Waals surface area contributed by atoms with Crippen molar-refractivity contribution in [3.05, 3.63) is 32.1 Å². The second kappa shape index (κ2) is 6.60. The number of hydrogen-bond acceptors (Lipinski definition) is 5. The lowest BCUT2D eigenvalue weighted by Crippen LogP contribution is -2.43. The molecule has 1 saturated heterocycles. The van der Waals surface area contributed by atoms with Crippen LogP contribution in [0.15, 0.2) is 15.8 Å². The zero-order valence-electron chi connectivity index (χ0n) is 12.8. The van der Waals surface area contributed by atoms with Crippen LogP contribution in [0.2, 0.25) is 5.02 Å². The van der Waals surface area contributed by atoms with Gasteiger partial charge in [-0.2, -0.15) is 0 Å². The molecule has 2 heterocycles. The number of nitrogens with one attached hydrogen (secondary N) is 1. The number of aromatic amines is 1. The first kappa shape index (κ1) is 17.3. The molecule has 124 valence electrons. The standard InChI is InChI=1S/C15H17ClN2O5/c1-4-15(18-7-11(16)12(19)17-14(18)21)6-5-10(23-15)8-22-13(20)9(2)3/h1,7,9-10H,5-6,8H2,2-3H3,(H,17,19,21). The molecule has 2 rings (SSSR count). The predicted molar refractivity (Wildman–Crippen MR) is 83.0 cm³/mol.